The molecular formula is C20H26N2O3. The van der Waals surface area contributed by atoms with Gasteiger partial charge in [-0.3, -0.25) is 9.59 Å². The number of hydrogen-bond acceptors (Lipinski definition) is 3. The smallest absolute Gasteiger partial charge is 0.313 e. The van der Waals surface area contributed by atoms with Crippen LogP contribution in [0.25, 0.3) is 0 Å². The van der Waals surface area contributed by atoms with Gasteiger partial charge < -0.3 is 15.4 Å². The highest BCUT2D eigenvalue weighted by Gasteiger charge is 2.51. The summed E-state index contributed by atoms with van der Waals surface area (Å²) in [6.45, 7) is 2.52. The number of rotatable bonds is 4. The zero-order valence-corrected chi connectivity index (χ0v) is 14.7. The van der Waals surface area contributed by atoms with E-state index in [0.717, 1.165) is 42.8 Å². The van der Waals surface area contributed by atoms with Crippen LogP contribution in [-0.2, 0) is 9.59 Å². The lowest BCUT2D eigenvalue weighted by Gasteiger charge is -2.56. The first-order chi connectivity index (χ1) is 12.0. The molecular weight excluding hydrogens is 316 g/mol. The van der Waals surface area contributed by atoms with Crippen molar-refractivity contribution in [2.24, 2.45) is 17.8 Å². The molecule has 0 radical (unpaired) electrons. The van der Waals surface area contributed by atoms with E-state index in [1.165, 1.54) is 19.3 Å². The van der Waals surface area contributed by atoms with Crippen molar-refractivity contribution in [1.29, 1.82) is 0 Å². The van der Waals surface area contributed by atoms with Gasteiger partial charge in [-0.15, -0.1) is 0 Å². The van der Waals surface area contributed by atoms with E-state index >= 15 is 0 Å². The molecule has 4 fully saturated rings. The molecule has 2 amide bonds. The molecule has 4 bridgehead atoms. The van der Waals surface area contributed by atoms with Crippen LogP contribution in [0.3, 0.4) is 0 Å². The monoisotopic (exact) mass is 342 g/mol. The van der Waals surface area contributed by atoms with Crippen LogP contribution in [0.4, 0.5) is 5.69 Å². The Bertz CT molecular complexity index is 633. The van der Waals surface area contributed by atoms with Gasteiger partial charge in [-0.25, -0.2) is 0 Å². The number of amides is 2. The molecule has 0 atom stereocenters. The first-order valence-electron chi connectivity index (χ1n) is 9.41. The molecule has 0 spiro atoms. The van der Waals surface area contributed by atoms with Crippen molar-refractivity contribution in [3.63, 3.8) is 0 Å². The van der Waals surface area contributed by atoms with Crippen LogP contribution in [-0.4, -0.2) is 24.0 Å². The summed E-state index contributed by atoms with van der Waals surface area (Å²) >= 11 is 0. The number of ether oxygens (including phenoxy) is 1. The summed E-state index contributed by atoms with van der Waals surface area (Å²) in [6, 6.07) is 7.08. The lowest BCUT2D eigenvalue weighted by molar-refractivity contribution is -0.139. The second kappa shape index (κ2) is 6.36. The van der Waals surface area contributed by atoms with E-state index in [1.807, 2.05) is 6.92 Å². The Kier molecular flexibility index (Phi) is 4.18. The molecule has 0 unspecified atom stereocenters. The van der Waals surface area contributed by atoms with E-state index in [2.05, 4.69) is 10.6 Å². The molecule has 0 saturated heterocycles. The normalized spacial score (nSPS) is 32.3. The van der Waals surface area contributed by atoms with Gasteiger partial charge in [-0.05, 0) is 87.5 Å². The fourth-order valence-electron chi connectivity index (χ4n) is 5.55. The van der Waals surface area contributed by atoms with Crippen LogP contribution in [0.1, 0.15) is 45.4 Å². The maximum absolute atomic E-state index is 12.5. The Morgan fingerprint density at radius 3 is 2.08 bits per heavy atom. The van der Waals surface area contributed by atoms with Gasteiger partial charge in [-0.1, -0.05) is 0 Å². The molecule has 4 aliphatic carbocycles. The maximum Gasteiger partial charge on any atom is 0.313 e. The Morgan fingerprint density at radius 2 is 1.56 bits per heavy atom. The van der Waals surface area contributed by atoms with Gasteiger partial charge in [0, 0.05) is 11.2 Å². The summed E-state index contributed by atoms with van der Waals surface area (Å²) in [5.41, 5.74) is 0.469. The topological polar surface area (TPSA) is 67.4 Å². The van der Waals surface area contributed by atoms with Gasteiger partial charge in [0.05, 0.1) is 6.61 Å². The van der Waals surface area contributed by atoms with E-state index in [0.29, 0.717) is 12.3 Å². The molecule has 0 aromatic heterocycles. The van der Waals surface area contributed by atoms with Crippen molar-refractivity contribution in [2.45, 2.75) is 51.0 Å². The van der Waals surface area contributed by atoms with Crippen molar-refractivity contribution >= 4 is 17.5 Å². The summed E-state index contributed by atoms with van der Waals surface area (Å²) in [5.74, 6) is 1.87. The van der Waals surface area contributed by atoms with Crippen molar-refractivity contribution in [3.8, 4) is 5.75 Å². The zero-order chi connectivity index (χ0) is 17.4. The number of carbonyl (C=O) groups is 2. The Balaban J connectivity index is 1.37. The first kappa shape index (κ1) is 16.4. The fourth-order valence-corrected chi connectivity index (χ4v) is 5.55. The van der Waals surface area contributed by atoms with Crippen LogP contribution in [0.5, 0.6) is 5.75 Å². The second-order valence-electron chi connectivity index (χ2n) is 8.06. The number of anilines is 1. The number of nitrogens with one attached hydrogen (secondary N) is 2. The summed E-state index contributed by atoms with van der Waals surface area (Å²) in [7, 11) is 0. The fraction of sp³-hybridized carbons (Fsp3) is 0.600. The summed E-state index contributed by atoms with van der Waals surface area (Å²) in [4.78, 5) is 24.7. The lowest BCUT2D eigenvalue weighted by Crippen LogP contribution is -2.61. The third kappa shape index (κ3) is 3.37. The highest BCUT2D eigenvalue weighted by Crippen LogP contribution is 2.55. The molecule has 1 aromatic carbocycles. The van der Waals surface area contributed by atoms with Crippen LogP contribution >= 0.6 is 0 Å². The van der Waals surface area contributed by atoms with E-state index < -0.39 is 11.8 Å². The van der Waals surface area contributed by atoms with Gasteiger partial charge in [-0.2, -0.15) is 0 Å². The third-order valence-corrected chi connectivity index (χ3v) is 6.05. The minimum atomic E-state index is -0.583. The minimum absolute atomic E-state index is 0.137. The second-order valence-corrected chi connectivity index (χ2v) is 8.06. The summed E-state index contributed by atoms with van der Waals surface area (Å²) in [5, 5.41) is 5.79. The van der Waals surface area contributed by atoms with E-state index in [9.17, 15) is 9.59 Å². The van der Waals surface area contributed by atoms with Gasteiger partial charge >= 0.3 is 11.8 Å². The van der Waals surface area contributed by atoms with Crippen LogP contribution in [0.15, 0.2) is 24.3 Å². The summed E-state index contributed by atoms with van der Waals surface area (Å²) in [6.07, 6.45) is 7.07. The number of hydrogen-bond donors (Lipinski definition) is 2. The van der Waals surface area contributed by atoms with Crippen LogP contribution in [0, 0.1) is 17.8 Å². The molecule has 1 aromatic rings. The van der Waals surface area contributed by atoms with Crippen molar-refractivity contribution in [2.75, 3.05) is 11.9 Å². The Labute approximate surface area is 148 Å². The number of carbonyl (C=O) groups excluding carboxylic acids is 2. The molecule has 4 saturated carbocycles. The van der Waals surface area contributed by atoms with Gasteiger partial charge in [0.25, 0.3) is 0 Å². The SMILES string of the molecule is CCOc1ccc(NC(=O)C(=O)NC23CC4CC(CC(C4)C2)C3)cc1. The lowest BCUT2D eigenvalue weighted by atomic mass is 9.53. The largest absolute Gasteiger partial charge is 0.494 e. The van der Waals surface area contributed by atoms with E-state index in [4.69, 9.17) is 4.74 Å². The van der Waals surface area contributed by atoms with E-state index in [1.54, 1.807) is 24.3 Å². The van der Waals surface area contributed by atoms with Crippen molar-refractivity contribution < 1.29 is 14.3 Å². The zero-order valence-electron chi connectivity index (χ0n) is 14.7. The number of benzene rings is 1. The molecule has 25 heavy (non-hydrogen) atoms. The molecule has 5 nitrogen and oxygen atoms in total. The van der Waals surface area contributed by atoms with Gasteiger partial charge in [0.1, 0.15) is 5.75 Å². The molecule has 5 heteroatoms. The van der Waals surface area contributed by atoms with Crippen LogP contribution in [0.2, 0.25) is 0 Å². The molecule has 0 aliphatic heterocycles. The molecule has 134 valence electrons. The third-order valence-electron chi connectivity index (χ3n) is 6.05. The van der Waals surface area contributed by atoms with Gasteiger partial charge in [0.15, 0.2) is 0 Å². The predicted molar refractivity (Wildman–Crippen MR) is 95.3 cm³/mol. The van der Waals surface area contributed by atoms with Crippen molar-refractivity contribution in [1.82, 2.24) is 5.32 Å². The summed E-state index contributed by atoms with van der Waals surface area (Å²) < 4.78 is 5.38. The van der Waals surface area contributed by atoms with Crippen molar-refractivity contribution in [3.05, 3.63) is 24.3 Å². The maximum atomic E-state index is 12.5. The van der Waals surface area contributed by atoms with E-state index in [-0.39, 0.29) is 5.54 Å². The van der Waals surface area contributed by atoms with Crippen LogP contribution < -0.4 is 15.4 Å². The average molecular weight is 342 g/mol. The standard InChI is InChI=1S/C20H26N2O3/c1-2-25-17-5-3-16(4-6-17)21-18(23)19(24)22-20-10-13-7-14(11-20)9-15(8-13)12-20/h3-6,13-15H,2,7-12H2,1H3,(H,21,23)(H,22,24). The molecule has 0 heterocycles. The highest BCUT2D eigenvalue weighted by molar-refractivity contribution is 6.39. The quantitative estimate of drug-likeness (QED) is 0.826. The average Bonchev–Trinajstić information content (AvgIpc) is 2.55. The highest BCUT2D eigenvalue weighted by atomic mass is 16.5. The first-order valence-corrected chi connectivity index (χ1v) is 9.41. The Hall–Kier alpha value is -2.04. The molecule has 4 aliphatic rings. The molecule has 2 N–H and O–H groups in total. The Morgan fingerprint density at radius 1 is 1.00 bits per heavy atom. The van der Waals surface area contributed by atoms with Gasteiger partial charge in [0.2, 0.25) is 0 Å². The minimum Gasteiger partial charge on any atom is -0.494 e. The molecule has 5 rings (SSSR count). The predicted octanol–water partition coefficient (Wildman–Crippen LogP) is 3.11.